The number of anilines is 1. The van der Waals surface area contributed by atoms with Crippen molar-refractivity contribution in [1.82, 2.24) is 9.97 Å². The van der Waals surface area contributed by atoms with Gasteiger partial charge in [0.15, 0.2) is 5.16 Å². The van der Waals surface area contributed by atoms with Crippen LogP contribution < -0.4 is 10.9 Å². The fourth-order valence-electron chi connectivity index (χ4n) is 3.55. The van der Waals surface area contributed by atoms with Crippen LogP contribution in [-0.4, -0.2) is 33.7 Å². The van der Waals surface area contributed by atoms with Gasteiger partial charge in [-0.25, -0.2) is 9.78 Å². The number of carbonyl (C=O) groups excluding carboxylic acids is 2. The highest BCUT2D eigenvalue weighted by molar-refractivity contribution is 8.00. The zero-order chi connectivity index (χ0) is 24.9. The molecule has 4 aromatic rings. The van der Waals surface area contributed by atoms with Gasteiger partial charge in [0, 0.05) is 16.6 Å². The average Bonchev–Trinajstić information content (AvgIpc) is 3.28. The van der Waals surface area contributed by atoms with Crippen LogP contribution in [0.2, 0.25) is 0 Å². The molecule has 2 heterocycles. The summed E-state index contributed by atoms with van der Waals surface area (Å²) < 4.78 is 5.02. The Kier molecular flexibility index (Phi) is 7.67. The van der Waals surface area contributed by atoms with E-state index in [0.29, 0.717) is 33.0 Å². The van der Waals surface area contributed by atoms with Gasteiger partial charge in [-0.05, 0) is 44.0 Å². The van der Waals surface area contributed by atoms with E-state index in [2.05, 4.69) is 15.3 Å². The minimum atomic E-state index is -0.488. The molecule has 0 aliphatic carbocycles. The van der Waals surface area contributed by atoms with Crippen molar-refractivity contribution in [3.05, 3.63) is 75.4 Å². The predicted molar refractivity (Wildman–Crippen MR) is 141 cm³/mol. The number of aromatic nitrogens is 2. The molecule has 1 amide bonds. The summed E-state index contributed by atoms with van der Waals surface area (Å²) in [5.41, 5.74) is 3.59. The molecule has 0 bridgehead atoms. The van der Waals surface area contributed by atoms with Crippen LogP contribution in [0.3, 0.4) is 0 Å². The third-order valence-corrected chi connectivity index (χ3v) is 7.46. The van der Waals surface area contributed by atoms with Crippen LogP contribution in [-0.2, 0) is 9.53 Å². The number of carbonyl (C=O) groups is 2. The van der Waals surface area contributed by atoms with Gasteiger partial charge in [-0.1, -0.05) is 54.6 Å². The third kappa shape index (κ3) is 5.63. The number of ether oxygens (including phenoxy) is 1. The van der Waals surface area contributed by atoms with Gasteiger partial charge in [0.05, 0.1) is 22.8 Å². The maximum Gasteiger partial charge on any atom is 0.338 e. The van der Waals surface area contributed by atoms with E-state index in [-0.39, 0.29) is 18.1 Å². The largest absolute Gasteiger partial charge is 0.462 e. The summed E-state index contributed by atoms with van der Waals surface area (Å²) in [6.45, 7) is 5.92. The van der Waals surface area contributed by atoms with E-state index >= 15 is 0 Å². The molecule has 1 atom stereocenters. The Labute approximate surface area is 210 Å². The van der Waals surface area contributed by atoms with Gasteiger partial charge in [-0.2, -0.15) is 0 Å². The number of H-pyrrole nitrogens is 1. The molecule has 0 saturated carbocycles. The van der Waals surface area contributed by atoms with Crippen LogP contribution in [0.25, 0.3) is 21.3 Å². The fourth-order valence-corrected chi connectivity index (χ4v) is 5.45. The smallest absolute Gasteiger partial charge is 0.338 e. The standard InChI is InChI=1S/C26H25N3O4S2/c1-4-20(22(30)27-18-8-6-7-17(13-18)25(32)33-5-2)35-26-28-23(31)21-19(14-34-24(21)29-26)16-11-9-15(3)10-12-16/h6-14,20H,4-5H2,1-3H3,(H,27,30)(H,28,29,31). The number of thioether (sulfide) groups is 1. The number of rotatable bonds is 8. The topological polar surface area (TPSA) is 101 Å². The van der Waals surface area contributed by atoms with E-state index < -0.39 is 11.2 Å². The summed E-state index contributed by atoms with van der Waals surface area (Å²) in [4.78, 5) is 46.0. The number of aryl methyl sites for hydroxylation is 1. The molecule has 2 aromatic heterocycles. The van der Waals surface area contributed by atoms with Gasteiger partial charge in [0.1, 0.15) is 4.83 Å². The molecule has 0 spiro atoms. The molecule has 0 aliphatic rings. The first kappa shape index (κ1) is 24.7. The van der Waals surface area contributed by atoms with Crippen molar-refractivity contribution in [3.8, 4) is 11.1 Å². The third-order valence-electron chi connectivity index (χ3n) is 5.34. The summed E-state index contributed by atoms with van der Waals surface area (Å²) in [7, 11) is 0. The minimum Gasteiger partial charge on any atom is -0.462 e. The maximum atomic E-state index is 13.0. The Morgan fingerprint density at radius 2 is 1.94 bits per heavy atom. The number of nitrogens with zero attached hydrogens (tertiary/aromatic N) is 1. The maximum absolute atomic E-state index is 13.0. The second kappa shape index (κ2) is 10.9. The predicted octanol–water partition coefficient (Wildman–Crippen LogP) is 5.65. The van der Waals surface area contributed by atoms with Gasteiger partial charge in [-0.15, -0.1) is 11.3 Å². The molecule has 0 saturated heterocycles. The number of hydrogen-bond acceptors (Lipinski definition) is 7. The van der Waals surface area contributed by atoms with Crippen LogP contribution >= 0.6 is 23.1 Å². The SMILES string of the molecule is CCOC(=O)c1cccc(NC(=O)C(CC)Sc2nc3scc(-c4ccc(C)cc4)c3c(=O)[nH]2)c1. The van der Waals surface area contributed by atoms with E-state index in [1.165, 1.54) is 23.1 Å². The summed E-state index contributed by atoms with van der Waals surface area (Å²) >= 11 is 2.61. The van der Waals surface area contributed by atoms with Gasteiger partial charge < -0.3 is 15.0 Å². The first-order valence-electron chi connectivity index (χ1n) is 11.2. The van der Waals surface area contributed by atoms with Gasteiger partial charge in [0.25, 0.3) is 5.56 Å². The summed E-state index contributed by atoms with van der Waals surface area (Å²) in [6, 6.07) is 14.6. The normalized spacial score (nSPS) is 11.9. The van der Waals surface area contributed by atoms with Crippen LogP contribution in [0.4, 0.5) is 5.69 Å². The number of hydrogen-bond donors (Lipinski definition) is 2. The van der Waals surface area contributed by atoms with E-state index in [9.17, 15) is 14.4 Å². The number of benzene rings is 2. The van der Waals surface area contributed by atoms with Gasteiger partial charge in [0.2, 0.25) is 5.91 Å². The number of amides is 1. The molecule has 4 rings (SSSR count). The molecule has 9 heteroatoms. The Hall–Kier alpha value is -3.43. The lowest BCUT2D eigenvalue weighted by atomic mass is 10.1. The molecule has 35 heavy (non-hydrogen) atoms. The second-order valence-corrected chi connectivity index (χ2v) is 9.92. The zero-order valence-electron chi connectivity index (χ0n) is 19.6. The summed E-state index contributed by atoms with van der Waals surface area (Å²) in [5.74, 6) is -0.686. The zero-order valence-corrected chi connectivity index (χ0v) is 21.2. The van der Waals surface area contributed by atoms with Crippen LogP contribution in [0.15, 0.2) is 63.9 Å². The van der Waals surface area contributed by atoms with Crippen molar-refractivity contribution < 1.29 is 14.3 Å². The highest BCUT2D eigenvalue weighted by Crippen LogP contribution is 2.32. The molecule has 0 fully saturated rings. The monoisotopic (exact) mass is 507 g/mol. The van der Waals surface area contributed by atoms with Crippen molar-refractivity contribution in [2.24, 2.45) is 0 Å². The molecule has 180 valence electrons. The number of nitrogens with one attached hydrogen (secondary N) is 2. The first-order chi connectivity index (χ1) is 16.9. The van der Waals surface area contributed by atoms with Crippen LogP contribution in [0, 0.1) is 6.92 Å². The van der Waals surface area contributed by atoms with Gasteiger partial charge >= 0.3 is 5.97 Å². The average molecular weight is 508 g/mol. The molecule has 0 aliphatic heterocycles. The molecular formula is C26H25N3O4S2. The number of esters is 1. The van der Waals surface area contributed by atoms with Crippen molar-refractivity contribution >= 4 is 50.9 Å². The number of fused-ring (bicyclic) bond motifs is 1. The quantitative estimate of drug-likeness (QED) is 0.182. The molecular weight excluding hydrogens is 482 g/mol. The molecule has 2 N–H and O–H groups in total. The second-order valence-electron chi connectivity index (χ2n) is 7.87. The lowest BCUT2D eigenvalue weighted by molar-refractivity contribution is -0.115. The van der Waals surface area contributed by atoms with E-state index in [1.807, 2.05) is 43.5 Å². The Balaban J connectivity index is 1.53. The molecule has 2 aromatic carbocycles. The Bertz CT molecular complexity index is 1430. The van der Waals surface area contributed by atoms with Crippen molar-refractivity contribution in [2.45, 2.75) is 37.6 Å². The minimum absolute atomic E-state index is 0.230. The first-order valence-corrected chi connectivity index (χ1v) is 13.0. The molecule has 0 radical (unpaired) electrons. The summed E-state index contributed by atoms with van der Waals surface area (Å²) in [5, 5.41) is 5.24. The highest BCUT2D eigenvalue weighted by atomic mass is 32.2. The van der Waals surface area contributed by atoms with Crippen molar-refractivity contribution in [3.63, 3.8) is 0 Å². The molecule has 7 nitrogen and oxygen atoms in total. The van der Waals surface area contributed by atoms with E-state index in [1.54, 1.807) is 31.2 Å². The number of thiophene rings is 1. The summed E-state index contributed by atoms with van der Waals surface area (Å²) in [6.07, 6.45) is 0.523. The Morgan fingerprint density at radius 1 is 1.17 bits per heavy atom. The van der Waals surface area contributed by atoms with E-state index in [4.69, 9.17) is 4.74 Å². The molecule has 1 unspecified atom stereocenters. The highest BCUT2D eigenvalue weighted by Gasteiger charge is 2.21. The van der Waals surface area contributed by atoms with Gasteiger partial charge in [-0.3, -0.25) is 9.59 Å². The van der Waals surface area contributed by atoms with Crippen LogP contribution in [0.1, 0.15) is 36.2 Å². The van der Waals surface area contributed by atoms with Crippen molar-refractivity contribution in [2.75, 3.05) is 11.9 Å². The number of aromatic amines is 1. The van der Waals surface area contributed by atoms with Crippen LogP contribution in [0.5, 0.6) is 0 Å². The lowest BCUT2D eigenvalue weighted by Crippen LogP contribution is -2.25. The van der Waals surface area contributed by atoms with E-state index in [0.717, 1.165) is 16.7 Å². The van der Waals surface area contributed by atoms with Crippen molar-refractivity contribution in [1.29, 1.82) is 0 Å². The lowest BCUT2D eigenvalue weighted by Gasteiger charge is -2.14. The Morgan fingerprint density at radius 3 is 2.66 bits per heavy atom. The fraction of sp³-hybridized carbons (Fsp3) is 0.231.